The maximum atomic E-state index is 13.1. The molecule has 3 atom stereocenters. The molecule has 3 unspecified atom stereocenters. The third-order valence-corrected chi connectivity index (χ3v) is 4.74. The molecule has 3 rings (SSSR count). The van der Waals surface area contributed by atoms with Crippen LogP contribution in [0.1, 0.15) is 25.7 Å². The van der Waals surface area contributed by atoms with Gasteiger partial charge in [-0.15, -0.1) is 0 Å². The van der Waals surface area contributed by atoms with Crippen LogP contribution in [-0.4, -0.2) is 11.2 Å². The molecule has 0 aliphatic heterocycles. The lowest BCUT2D eigenvalue weighted by atomic mass is 9.96. The molecule has 1 aromatic carbocycles. The van der Waals surface area contributed by atoms with Crippen LogP contribution in [-0.2, 0) is 0 Å². The van der Waals surface area contributed by atoms with E-state index >= 15 is 0 Å². The molecular weight excluding hydrogens is 283 g/mol. The van der Waals surface area contributed by atoms with Crippen LogP contribution in [0.25, 0.3) is 0 Å². The minimum absolute atomic E-state index is 0.104. The van der Waals surface area contributed by atoms with Crippen molar-refractivity contribution in [3.63, 3.8) is 0 Å². The molecule has 0 spiro atoms. The number of thiocarbonyl (C=S) groups is 1. The summed E-state index contributed by atoms with van der Waals surface area (Å²) in [5, 5.41) is 7.14. The van der Waals surface area contributed by atoms with E-state index in [9.17, 15) is 4.39 Å². The number of halogens is 2. The highest BCUT2D eigenvalue weighted by molar-refractivity contribution is 7.80. The topological polar surface area (TPSA) is 24.1 Å². The molecule has 0 heterocycles. The Labute approximate surface area is 122 Å². The highest BCUT2D eigenvalue weighted by atomic mass is 35.5. The first-order valence-corrected chi connectivity index (χ1v) is 7.43. The normalized spacial score (nSPS) is 28.4. The summed E-state index contributed by atoms with van der Waals surface area (Å²) in [6.45, 7) is 0. The maximum absolute atomic E-state index is 13.1. The lowest BCUT2D eigenvalue weighted by Gasteiger charge is -2.24. The third kappa shape index (κ3) is 2.84. The van der Waals surface area contributed by atoms with Gasteiger partial charge in [0, 0.05) is 11.7 Å². The second kappa shape index (κ2) is 5.25. The first kappa shape index (κ1) is 13.1. The van der Waals surface area contributed by atoms with Gasteiger partial charge < -0.3 is 10.6 Å². The van der Waals surface area contributed by atoms with Gasteiger partial charge in [-0.1, -0.05) is 18.0 Å². The number of benzene rings is 1. The minimum Gasteiger partial charge on any atom is -0.359 e. The number of rotatable bonds is 2. The standard InChI is InChI=1S/C14H16ClFN2S/c15-11-7-10(3-4-12(11)16)17-14(19)18-13-6-8-1-2-9(13)5-8/h3-4,7-9,13H,1-2,5-6H2,(H2,17,18,19). The van der Waals surface area contributed by atoms with Gasteiger partial charge in [0.2, 0.25) is 0 Å². The summed E-state index contributed by atoms with van der Waals surface area (Å²) in [6, 6.07) is 5.02. The van der Waals surface area contributed by atoms with Gasteiger partial charge in [0.25, 0.3) is 0 Å². The van der Waals surface area contributed by atoms with Crippen molar-refractivity contribution in [3.8, 4) is 0 Å². The molecule has 2 fully saturated rings. The van der Waals surface area contributed by atoms with Crippen molar-refractivity contribution < 1.29 is 4.39 Å². The van der Waals surface area contributed by atoms with E-state index in [1.807, 2.05) is 0 Å². The molecule has 2 aliphatic rings. The quantitative estimate of drug-likeness (QED) is 0.808. The van der Waals surface area contributed by atoms with Gasteiger partial charge in [0.1, 0.15) is 5.82 Å². The Kier molecular flexibility index (Phi) is 3.63. The van der Waals surface area contributed by atoms with Crippen molar-refractivity contribution in [1.82, 2.24) is 5.32 Å². The van der Waals surface area contributed by atoms with Gasteiger partial charge in [-0.05, 0) is 61.5 Å². The van der Waals surface area contributed by atoms with Gasteiger partial charge in [0.15, 0.2) is 5.11 Å². The van der Waals surface area contributed by atoms with Crippen molar-refractivity contribution in [2.75, 3.05) is 5.32 Å². The molecule has 2 nitrogen and oxygen atoms in total. The zero-order valence-corrected chi connectivity index (χ0v) is 12.0. The summed E-state index contributed by atoms with van der Waals surface area (Å²) < 4.78 is 13.1. The second-order valence-corrected chi connectivity index (χ2v) is 6.32. The fourth-order valence-corrected chi connectivity index (χ4v) is 3.78. The summed E-state index contributed by atoms with van der Waals surface area (Å²) in [7, 11) is 0. The minimum atomic E-state index is -0.417. The summed E-state index contributed by atoms with van der Waals surface area (Å²) in [4.78, 5) is 0. The molecule has 0 saturated heterocycles. The summed E-state index contributed by atoms with van der Waals surface area (Å²) in [5.41, 5.74) is 0.715. The Hall–Kier alpha value is -0.870. The average molecular weight is 299 g/mol. The van der Waals surface area contributed by atoms with Gasteiger partial charge >= 0.3 is 0 Å². The van der Waals surface area contributed by atoms with E-state index in [1.165, 1.54) is 31.7 Å². The van der Waals surface area contributed by atoms with Crippen LogP contribution < -0.4 is 10.6 Å². The maximum Gasteiger partial charge on any atom is 0.171 e. The molecule has 2 aliphatic carbocycles. The molecule has 2 bridgehead atoms. The lowest BCUT2D eigenvalue weighted by molar-refractivity contribution is 0.392. The Morgan fingerprint density at radius 3 is 2.79 bits per heavy atom. The summed E-state index contributed by atoms with van der Waals surface area (Å²) in [6.07, 6.45) is 5.24. The van der Waals surface area contributed by atoms with Gasteiger partial charge in [-0.2, -0.15) is 0 Å². The second-order valence-electron chi connectivity index (χ2n) is 5.51. The van der Waals surface area contributed by atoms with E-state index in [4.69, 9.17) is 23.8 Å². The summed E-state index contributed by atoms with van der Waals surface area (Å²) >= 11 is 11.0. The van der Waals surface area contributed by atoms with E-state index in [0.29, 0.717) is 16.8 Å². The van der Waals surface area contributed by atoms with Crippen molar-refractivity contribution in [1.29, 1.82) is 0 Å². The van der Waals surface area contributed by atoms with E-state index in [-0.39, 0.29) is 5.02 Å². The number of nitrogens with one attached hydrogen (secondary N) is 2. The largest absolute Gasteiger partial charge is 0.359 e. The van der Waals surface area contributed by atoms with Gasteiger partial charge in [0.05, 0.1) is 5.02 Å². The fourth-order valence-electron chi connectivity index (χ4n) is 3.33. The Morgan fingerprint density at radius 2 is 2.16 bits per heavy atom. The first-order chi connectivity index (χ1) is 9.11. The van der Waals surface area contributed by atoms with Crippen molar-refractivity contribution in [3.05, 3.63) is 29.0 Å². The van der Waals surface area contributed by atoms with E-state index in [2.05, 4.69) is 10.6 Å². The molecule has 0 aromatic heterocycles. The molecular formula is C14H16ClFN2S. The molecule has 2 saturated carbocycles. The fraction of sp³-hybridized carbons (Fsp3) is 0.500. The summed E-state index contributed by atoms with van der Waals surface area (Å²) in [5.74, 6) is 1.23. The number of anilines is 1. The average Bonchev–Trinajstić information content (AvgIpc) is 2.96. The zero-order chi connectivity index (χ0) is 13.4. The predicted octanol–water partition coefficient (Wildman–Crippen LogP) is 3.95. The van der Waals surface area contributed by atoms with Gasteiger partial charge in [-0.3, -0.25) is 0 Å². The van der Waals surface area contributed by atoms with Crippen LogP contribution in [0.4, 0.5) is 10.1 Å². The van der Waals surface area contributed by atoms with Crippen LogP contribution in [0.15, 0.2) is 18.2 Å². The Morgan fingerprint density at radius 1 is 1.32 bits per heavy atom. The predicted molar refractivity (Wildman–Crippen MR) is 80.0 cm³/mol. The number of fused-ring (bicyclic) bond motifs is 2. The Bertz CT molecular complexity index is 508. The van der Waals surface area contributed by atoms with Crippen molar-refractivity contribution in [2.45, 2.75) is 31.7 Å². The monoisotopic (exact) mass is 298 g/mol. The van der Waals surface area contributed by atoms with Crippen molar-refractivity contribution in [2.24, 2.45) is 11.8 Å². The molecule has 0 amide bonds. The zero-order valence-electron chi connectivity index (χ0n) is 10.5. The highest BCUT2D eigenvalue weighted by Gasteiger charge is 2.39. The smallest absolute Gasteiger partial charge is 0.171 e. The van der Waals surface area contributed by atoms with E-state index < -0.39 is 5.82 Å². The van der Waals surface area contributed by atoms with Crippen LogP contribution in [0.2, 0.25) is 5.02 Å². The van der Waals surface area contributed by atoms with E-state index in [0.717, 1.165) is 11.8 Å². The molecule has 0 radical (unpaired) electrons. The highest BCUT2D eigenvalue weighted by Crippen LogP contribution is 2.44. The Balaban J connectivity index is 1.57. The van der Waals surface area contributed by atoms with Crippen molar-refractivity contribution >= 4 is 34.6 Å². The number of hydrogen-bond donors (Lipinski definition) is 2. The lowest BCUT2D eigenvalue weighted by Crippen LogP contribution is -2.40. The first-order valence-electron chi connectivity index (χ1n) is 6.64. The molecule has 19 heavy (non-hydrogen) atoms. The van der Waals surface area contributed by atoms with Crippen LogP contribution in [0.3, 0.4) is 0 Å². The van der Waals surface area contributed by atoms with Crippen LogP contribution >= 0.6 is 23.8 Å². The molecule has 5 heteroatoms. The third-order valence-electron chi connectivity index (χ3n) is 4.23. The molecule has 1 aromatic rings. The van der Waals surface area contributed by atoms with Crippen LogP contribution in [0.5, 0.6) is 0 Å². The molecule has 2 N–H and O–H groups in total. The molecule has 102 valence electrons. The van der Waals surface area contributed by atoms with E-state index in [1.54, 1.807) is 12.1 Å². The van der Waals surface area contributed by atoms with Crippen LogP contribution in [0, 0.1) is 17.7 Å². The number of hydrogen-bond acceptors (Lipinski definition) is 1. The SMILES string of the molecule is Fc1ccc(NC(=S)NC2CC3CCC2C3)cc1Cl. The van der Waals surface area contributed by atoms with Gasteiger partial charge in [-0.25, -0.2) is 4.39 Å².